The van der Waals surface area contributed by atoms with Gasteiger partial charge in [-0.1, -0.05) is 23.4 Å². The van der Waals surface area contributed by atoms with Gasteiger partial charge in [0.2, 0.25) is 0 Å². The van der Waals surface area contributed by atoms with Gasteiger partial charge in [0.1, 0.15) is 18.2 Å². The molecule has 0 aliphatic heterocycles. The molecule has 21 heavy (non-hydrogen) atoms. The molecular formula is C15H10ClFN2O2. The van der Waals surface area contributed by atoms with Gasteiger partial charge in [-0.3, -0.25) is 4.79 Å². The van der Waals surface area contributed by atoms with E-state index in [4.69, 9.17) is 16.7 Å². The van der Waals surface area contributed by atoms with Crippen LogP contribution in [0.25, 0.3) is 0 Å². The summed E-state index contributed by atoms with van der Waals surface area (Å²) < 4.78 is 13.6. The summed E-state index contributed by atoms with van der Waals surface area (Å²) >= 11 is 5.74. The zero-order valence-electron chi connectivity index (χ0n) is 10.7. The molecule has 0 atom stereocenters. The summed E-state index contributed by atoms with van der Waals surface area (Å²) in [6, 6.07) is 6.85. The SMILES string of the molecule is O=C(Nc1cc(C#CCO)ccn1)c1cc(Cl)ccc1F. The van der Waals surface area contributed by atoms with Crippen molar-refractivity contribution in [2.45, 2.75) is 0 Å². The van der Waals surface area contributed by atoms with E-state index in [0.29, 0.717) is 5.56 Å². The van der Waals surface area contributed by atoms with Crippen molar-refractivity contribution in [2.24, 2.45) is 0 Å². The Hall–Kier alpha value is -2.42. The molecule has 1 amide bonds. The summed E-state index contributed by atoms with van der Waals surface area (Å²) in [6.45, 7) is -0.266. The molecule has 1 aromatic heterocycles. The molecule has 0 aliphatic rings. The summed E-state index contributed by atoms with van der Waals surface area (Å²) in [6.07, 6.45) is 1.45. The van der Waals surface area contributed by atoms with E-state index in [1.54, 1.807) is 6.07 Å². The van der Waals surface area contributed by atoms with Crippen molar-refractivity contribution in [3.05, 3.63) is 58.5 Å². The number of pyridine rings is 1. The van der Waals surface area contributed by atoms with E-state index >= 15 is 0 Å². The van der Waals surface area contributed by atoms with Crippen LogP contribution < -0.4 is 5.32 Å². The lowest BCUT2D eigenvalue weighted by atomic mass is 10.2. The minimum Gasteiger partial charge on any atom is -0.384 e. The topological polar surface area (TPSA) is 62.2 Å². The first-order valence-electron chi connectivity index (χ1n) is 5.92. The summed E-state index contributed by atoms with van der Waals surface area (Å²) in [5, 5.41) is 11.4. The Labute approximate surface area is 125 Å². The van der Waals surface area contributed by atoms with Crippen LogP contribution in [0.15, 0.2) is 36.5 Å². The summed E-state index contributed by atoms with van der Waals surface area (Å²) in [5.41, 5.74) is 0.400. The van der Waals surface area contributed by atoms with Crippen molar-refractivity contribution in [3.8, 4) is 11.8 Å². The molecule has 2 aromatic rings. The van der Waals surface area contributed by atoms with Gasteiger partial charge in [0.25, 0.3) is 5.91 Å². The van der Waals surface area contributed by atoms with Gasteiger partial charge in [-0.15, -0.1) is 0 Å². The Balaban J connectivity index is 2.21. The highest BCUT2D eigenvalue weighted by atomic mass is 35.5. The maximum atomic E-state index is 13.6. The number of rotatable bonds is 2. The monoisotopic (exact) mass is 304 g/mol. The van der Waals surface area contributed by atoms with Crippen molar-refractivity contribution in [1.82, 2.24) is 4.98 Å². The van der Waals surface area contributed by atoms with E-state index in [-0.39, 0.29) is 23.0 Å². The third-order valence-electron chi connectivity index (χ3n) is 2.49. The number of aliphatic hydroxyl groups excluding tert-OH is 1. The molecule has 0 bridgehead atoms. The van der Waals surface area contributed by atoms with Crippen LogP contribution in [-0.4, -0.2) is 22.6 Å². The quantitative estimate of drug-likeness (QED) is 0.838. The number of carbonyl (C=O) groups is 1. The van der Waals surface area contributed by atoms with Crippen LogP contribution in [-0.2, 0) is 0 Å². The predicted molar refractivity (Wildman–Crippen MR) is 77.6 cm³/mol. The molecule has 0 radical (unpaired) electrons. The average Bonchev–Trinajstić information content (AvgIpc) is 2.48. The number of hydrogen-bond acceptors (Lipinski definition) is 3. The fourth-order valence-electron chi connectivity index (χ4n) is 1.57. The van der Waals surface area contributed by atoms with Gasteiger partial charge < -0.3 is 10.4 Å². The lowest BCUT2D eigenvalue weighted by Gasteiger charge is -2.06. The largest absolute Gasteiger partial charge is 0.384 e. The standard InChI is InChI=1S/C15H10ClFN2O2/c16-11-3-4-13(17)12(9-11)15(21)19-14-8-10(2-1-7-20)5-6-18-14/h3-6,8-9,20H,7H2,(H,18,19,21). The minimum absolute atomic E-state index is 0.170. The highest BCUT2D eigenvalue weighted by Crippen LogP contribution is 2.16. The second kappa shape index (κ2) is 6.84. The molecule has 106 valence electrons. The summed E-state index contributed by atoms with van der Waals surface area (Å²) in [7, 11) is 0. The van der Waals surface area contributed by atoms with Gasteiger partial charge in [0.15, 0.2) is 0 Å². The van der Waals surface area contributed by atoms with Gasteiger partial charge in [-0.25, -0.2) is 9.37 Å². The van der Waals surface area contributed by atoms with Gasteiger partial charge in [0.05, 0.1) is 5.56 Å². The normalized spacial score (nSPS) is 9.67. The van der Waals surface area contributed by atoms with Crippen LogP contribution in [0, 0.1) is 17.7 Å². The smallest absolute Gasteiger partial charge is 0.259 e. The number of aliphatic hydroxyl groups is 1. The van der Waals surface area contributed by atoms with E-state index in [2.05, 4.69) is 22.1 Å². The first-order chi connectivity index (χ1) is 10.1. The molecule has 6 heteroatoms. The molecule has 4 nitrogen and oxygen atoms in total. The van der Waals surface area contributed by atoms with Crippen LogP contribution in [0.5, 0.6) is 0 Å². The maximum absolute atomic E-state index is 13.6. The van der Waals surface area contributed by atoms with Crippen molar-refractivity contribution < 1.29 is 14.3 Å². The highest BCUT2D eigenvalue weighted by Gasteiger charge is 2.13. The number of carbonyl (C=O) groups excluding carboxylic acids is 1. The van der Waals surface area contributed by atoms with Gasteiger partial charge in [0, 0.05) is 16.8 Å². The Morgan fingerprint density at radius 2 is 2.19 bits per heavy atom. The molecular weight excluding hydrogens is 295 g/mol. The van der Waals surface area contributed by atoms with E-state index in [9.17, 15) is 9.18 Å². The molecule has 0 saturated carbocycles. The Kier molecular flexibility index (Phi) is 4.88. The zero-order valence-corrected chi connectivity index (χ0v) is 11.5. The minimum atomic E-state index is -0.673. The zero-order chi connectivity index (χ0) is 15.2. The van der Waals surface area contributed by atoms with Crippen molar-refractivity contribution in [3.63, 3.8) is 0 Å². The van der Waals surface area contributed by atoms with Crippen LogP contribution in [0.3, 0.4) is 0 Å². The Morgan fingerprint density at radius 1 is 1.38 bits per heavy atom. The van der Waals surface area contributed by atoms with E-state index in [1.165, 1.54) is 24.4 Å². The molecule has 0 spiro atoms. The van der Waals surface area contributed by atoms with Gasteiger partial charge in [-0.2, -0.15) is 0 Å². The summed E-state index contributed by atoms with van der Waals surface area (Å²) in [5.74, 6) is 4.06. The molecule has 0 fully saturated rings. The fraction of sp³-hybridized carbons (Fsp3) is 0.0667. The number of anilines is 1. The first-order valence-corrected chi connectivity index (χ1v) is 6.30. The maximum Gasteiger partial charge on any atom is 0.259 e. The number of nitrogens with one attached hydrogen (secondary N) is 1. The third kappa shape index (κ3) is 4.02. The molecule has 0 aliphatic carbocycles. The van der Waals surface area contributed by atoms with E-state index < -0.39 is 11.7 Å². The molecule has 2 N–H and O–H groups in total. The molecule has 1 aromatic carbocycles. The lowest BCUT2D eigenvalue weighted by molar-refractivity contribution is 0.102. The van der Waals surface area contributed by atoms with Gasteiger partial charge in [-0.05, 0) is 30.3 Å². The van der Waals surface area contributed by atoms with Crippen molar-refractivity contribution in [1.29, 1.82) is 0 Å². The molecule has 0 unspecified atom stereocenters. The Morgan fingerprint density at radius 3 is 2.95 bits per heavy atom. The first kappa shape index (κ1) is 15.0. The van der Waals surface area contributed by atoms with Gasteiger partial charge >= 0.3 is 0 Å². The third-order valence-corrected chi connectivity index (χ3v) is 2.72. The number of hydrogen-bond donors (Lipinski definition) is 2. The van der Waals surface area contributed by atoms with Crippen LogP contribution in [0.4, 0.5) is 10.2 Å². The van der Waals surface area contributed by atoms with Crippen LogP contribution in [0.2, 0.25) is 5.02 Å². The number of nitrogens with zero attached hydrogens (tertiary/aromatic N) is 1. The highest BCUT2D eigenvalue weighted by molar-refractivity contribution is 6.31. The fourth-order valence-corrected chi connectivity index (χ4v) is 1.75. The van der Waals surface area contributed by atoms with Crippen LogP contribution >= 0.6 is 11.6 Å². The van der Waals surface area contributed by atoms with E-state index in [0.717, 1.165) is 6.07 Å². The number of amides is 1. The van der Waals surface area contributed by atoms with Crippen LogP contribution in [0.1, 0.15) is 15.9 Å². The molecule has 2 rings (SSSR count). The lowest BCUT2D eigenvalue weighted by Crippen LogP contribution is -2.14. The molecule has 0 saturated heterocycles. The Bertz CT molecular complexity index is 738. The molecule has 1 heterocycles. The second-order valence-corrected chi connectivity index (χ2v) is 4.40. The van der Waals surface area contributed by atoms with Crippen molar-refractivity contribution in [2.75, 3.05) is 11.9 Å². The average molecular weight is 305 g/mol. The number of benzene rings is 1. The summed E-state index contributed by atoms with van der Waals surface area (Å²) in [4.78, 5) is 15.9. The second-order valence-electron chi connectivity index (χ2n) is 3.97. The number of aromatic nitrogens is 1. The van der Waals surface area contributed by atoms with Crippen molar-refractivity contribution >= 4 is 23.3 Å². The van der Waals surface area contributed by atoms with E-state index in [1.807, 2.05) is 0 Å². The predicted octanol–water partition coefficient (Wildman–Crippen LogP) is 2.47. The number of halogens is 2.